The molecule has 21 heavy (non-hydrogen) atoms. The van der Waals surface area contributed by atoms with Crippen molar-refractivity contribution in [1.29, 1.82) is 0 Å². The Morgan fingerprint density at radius 1 is 1.33 bits per heavy atom. The number of nitrogens with zero attached hydrogens (tertiary/aromatic N) is 3. The minimum absolute atomic E-state index is 0.295. The van der Waals surface area contributed by atoms with Gasteiger partial charge in [0.05, 0.1) is 18.4 Å². The molecule has 1 atom stereocenters. The summed E-state index contributed by atoms with van der Waals surface area (Å²) in [6, 6.07) is 0. The smallest absolute Gasteiger partial charge is 0.295 e. The Balaban J connectivity index is 1.75. The molecule has 1 fully saturated rings. The van der Waals surface area contributed by atoms with Crippen molar-refractivity contribution < 1.29 is 13.7 Å². The molecule has 0 radical (unpaired) electrons. The summed E-state index contributed by atoms with van der Waals surface area (Å²) >= 11 is 0. The van der Waals surface area contributed by atoms with E-state index in [4.69, 9.17) is 19.4 Å². The first-order valence-electron chi connectivity index (χ1n) is 7.15. The molecule has 0 amide bonds. The van der Waals surface area contributed by atoms with Gasteiger partial charge in [-0.15, -0.1) is 0 Å². The molecule has 1 aliphatic carbocycles. The highest BCUT2D eigenvalue weighted by atomic mass is 16.5. The number of rotatable bonds is 5. The van der Waals surface area contributed by atoms with Gasteiger partial charge in [0.15, 0.2) is 11.7 Å². The van der Waals surface area contributed by atoms with Crippen LogP contribution in [0.15, 0.2) is 8.94 Å². The lowest BCUT2D eigenvalue weighted by Gasteiger charge is -2.29. The van der Waals surface area contributed by atoms with Gasteiger partial charge in [-0.2, -0.15) is 4.98 Å². The molecule has 2 aromatic rings. The van der Waals surface area contributed by atoms with Crippen molar-refractivity contribution in [3.05, 3.63) is 17.4 Å². The summed E-state index contributed by atoms with van der Waals surface area (Å²) in [6.07, 6.45) is 3.75. The van der Waals surface area contributed by atoms with Crippen LogP contribution in [0.1, 0.15) is 43.6 Å². The molecule has 2 heterocycles. The van der Waals surface area contributed by atoms with Gasteiger partial charge in [-0.05, 0) is 33.1 Å². The van der Waals surface area contributed by atoms with Gasteiger partial charge in [-0.25, -0.2) is 4.98 Å². The van der Waals surface area contributed by atoms with E-state index in [1.54, 1.807) is 6.92 Å². The quantitative estimate of drug-likeness (QED) is 0.900. The summed E-state index contributed by atoms with van der Waals surface area (Å²) in [6.45, 7) is 5.80. The van der Waals surface area contributed by atoms with E-state index in [2.05, 4.69) is 15.1 Å². The fraction of sp³-hybridized carbons (Fsp3) is 0.643. The predicted molar refractivity (Wildman–Crippen MR) is 74.4 cm³/mol. The normalized spacial score (nSPS) is 18.5. The van der Waals surface area contributed by atoms with Crippen LogP contribution in [-0.2, 0) is 10.3 Å². The number of aromatic nitrogens is 3. The van der Waals surface area contributed by atoms with Gasteiger partial charge in [-0.1, -0.05) is 5.16 Å². The minimum atomic E-state index is -0.791. The summed E-state index contributed by atoms with van der Waals surface area (Å²) < 4.78 is 16.5. The first-order chi connectivity index (χ1) is 9.95. The fourth-order valence-corrected chi connectivity index (χ4v) is 2.17. The van der Waals surface area contributed by atoms with Crippen molar-refractivity contribution >= 4 is 0 Å². The van der Waals surface area contributed by atoms with Gasteiger partial charge in [0.1, 0.15) is 5.54 Å². The topological polar surface area (TPSA) is 100 Å². The van der Waals surface area contributed by atoms with Gasteiger partial charge in [0, 0.05) is 6.92 Å². The zero-order chi connectivity index (χ0) is 15.0. The largest absolute Gasteiger partial charge is 0.436 e. The van der Waals surface area contributed by atoms with Crippen LogP contribution in [0.3, 0.4) is 0 Å². The zero-order valence-electron chi connectivity index (χ0n) is 12.5. The highest BCUT2D eigenvalue weighted by Gasteiger charge is 2.31. The van der Waals surface area contributed by atoms with Crippen LogP contribution < -0.4 is 5.73 Å². The Morgan fingerprint density at radius 3 is 2.67 bits per heavy atom. The Labute approximate surface area is 122 Å². The van der Waals surface area contributed by atoms with Crippen molar-refractivity contribution in [3.8, 4) is 11.7 Å². The average Bonchev–Trinajstić information content (AvgIpc) is 2.94. The third kappa shape index (κ3) is 2.84. The molecule has 7 heteroatoms. The highest BCUT2D eigenvalue weighted by molar-refractivity contribution is 5.47. The van der Waals surface area contributed by atoms with Gasteiger partial charge in [-0.3, -0.25) is 0 Å². The Hall–Kier alpha value is -1.73. The van der Waals surface area contributed by atoms with Crippen LogP contribution in [0, 0.1) is 13.8 Å². The molecular formula is C14H20N4O3. The molecule has 0 spiro atoms. The third-order valence-corrected chi connectivity index (χ3v) is 3.71. The number of hydrogen-bond donors (Lipinski definition) is 1. The number of nitrogens with two attached hydrogens (primary N) is 1. The molecule has 2 aromatic heterocycles. The molecular weight excluding hydrogens is 272 g/mol. The van der Waals surface area contributed by atoms with Crippen LogP contribution in [0.5, 0.6) is 0 Å². The summed E-state index contributed by atoms with van der Waals surface area (Å²) in [4.78, 5) is 8.52. The number of oxazole rings is 1. The second-order valence-electron chi connectivity index (χ2n) is 5.85. The van der Waals surface area contributed by atoms with Crippen LogP contribution in [0.4, 0.5) is 0 Å². The van der Waals surface area contributed by atoms with Gasteiger partial charge < -0.3 is 19.4 Å². The van der Waals surface area contributed by atoms with Crippen molar-refractivity contribution in [2.45, 2.75) is 51.7 Å². The molecule has 1 saturated carbocycles. The summed E-state index contributed by atoms with van der Waals surface area (Å²) in [5.74, 6) is 1.75. The molecule has 3 rings (SSSR count). The summed E-state index contributed by atoms with van der Waals surface area (Å²) in [7, 11) is 0. The number of ether oxygens (including phenoxy) is 1. The Kier molecular flexibility index (Phi) is 3.54. The van der Waals surface area contributed by atoms with Gasteiger partial charge in [0.2, 0.25) is 5.76 Å². The molecule has 7 nitrogen and oxygen atoms in total. The lowest BCUT2D eigenvalue weighted by molar-refractivity contribution is -0.0222. The second kappa shape index (κ2) is 5.23. The summed E-state index contributed by atoms with van der Waals surface area (Å²) in [5, 5.41) is 3.96. The zero-order valence-corrected chi connectivity index (χ0v) is 12.5. The van der Waals surface area contributed by atoms with E-state index in [0.29, 0.717) is 41.8 Å². The second-order valence-corrected chi connectivity index (χ2v) is 5.85. The maximum absolute atomic E-state index is 6.24. The van der Waals surface area contributed by atoms with Gasteiger partial charge in [0.25, 0.3) is 5.89 Å². The predicted octanol–water partition coefficient (Wildman–Crippen LogP) is 2.08. The maximum atomic E-state index is 6.24. The molecule has 1 aliphatic rings. The van der Waals surface area contributed by atoms with E-state index in [-0.39, 0.29) is 0 Å². The SMILES string of the molecule is Cc1nc(C)c(-c2nc(C(C)(N)COC3CCC3)no2)o1. The van der Waals surface area contributed by atoms with Crippen molar-refractivity contribution in [1.82, 2.24) is 15.1 Å². The average molecular weight is 292 g/mol. The van der Waals surface area contributed by atoms with E-state index in [0.717, 1.165) is 12.8 Å². The first kappa shape index (κ1) is 14.2. The third-order valence-electron chi connectivity index (χ3n) is 3.71. The van der Waals surface area contributed by atoms with Crippen LogP contribution in [0.2, 0.25) is 0 Å². The minimum Gasteiger partial charge on any atom is -0.436 e. The van der Waals surface area contributed by atoms with Crippen LogP contribution in [-0.4, -0.2) is 27.8 Å². The van der Waals surface area contributed by atoms with Crippen LogP contribution >= 0.6 is 0 Å². The Morgan fingerprint density at radius 2 is 2.10 bits per heavy atom. The van der Waals surface area contributed by atoms with E-state index in [9.17, 15) is 0 Å². The Bertz CT molecular complexity index is 628. The first-order valence-corrected chi connectivity index (χ1v) is 7.15. The molecule has 0 saturated heterocycles. The maximum Gasteiger partial charge on any atom is 0.295 e. The lowest BCUT2D eigenvalue weighted by Crippen LogP contribution is -2.41. The molecule has 0 aromatic carbocycles. The van der Waals surface area contributed by atoms with E-state index in [1.165, 1.54) is 6.42 Å². The van der Waals surface area contributed by atoms with Crippen LogP contribution in [0.25, 0.3) is 11.7 Å². The molecule has 0 bridgehead atoms. The molecule has 2 N–H and O–H groups in total. The molecule has 114 valence electrons. The monoisotopic (exact) mass is 292 g/mol. The highest BCUT2D eigenvalue weighted by Crippen LogP contribution is 2.27. The van der Waals surface area contributed by atoms with E-state index >= 15 is 0 Å². The summed E-state index contributed by atoms with van der Waals surface area (Å²) in [5.41, 5.74) is 6.17. The molecule has 0 aliphatic heterocycles. The van der Waals surface area contributed by atoms with E-state index < -0.39 is 5.54 Å². The van der Waals surface area contributed by atoms with Crippen molar-refractivity contribution in [3.63, 3.8) is 0 Å². The van der Waals surface area contributed by atoms with Crippen molar-refractivity contribution in [2.75, 3.05) is 6.61 Å². The van der Waals surface area contributed by atoms with Gasteiger partial charge >= 0.3 is 0 Å². The van der Waals surface area contributed by atoms with Crippen molar-refractivity contribution in [2.24, 2.45) is 5.73 Å². The fourth-order valence-electron chi connectivity index (χ4n) is 2.17. The molecule has 1 unspecified atom stereocenters. The number of aryl methyl sites for hydroxylation is 2. The number of hydrogen-bond acceptors (Lipinski definition) is 7. The lowest BCUT2D eigenvalue weighted by atomic mass is 9.95. The van der Waals surface area contributed by atoms with E-state index in [1.807, 2.05) is 13.8 Å². The standard InChI is InChI=1S/C14H20N4O3/c1-8-11(20-9(2)16-8)12-17-13(18-21-12)14(3,15)7-19-10-5-4-6-10/h10H,4-7,15H2,1-3H3.